The molecule has 4 heteroatoms. The van der Waals surface area contributed by atoms with Gasteiger partial charge in [-0.15, -0.1) is 0 Å². The highest BCUT2D eigenvalue weighted by molar-refractivity contribution is 5.66. The molecule has 3 saturated carbocycles. The zero-order valence-electron chi connectivity index (χ0n) is 17.9. The van der Waals surface area contributed by atoms with Crippen molar-refractivity contribution in [2.45, 2.75) is 70.9 Å². The van der Waals surface area contributed by atoms with Gasteiger partial charge in [-0.3, -0.25) is 4.79 Å². The van der Waals surface area contributed by atoms with Crippen LogP contribution in [0.3, 0.4) is 0 Å². The molecule has 3 aliphatic carbocycles. The van der Waals surface area contributed by atoms with Gasteiger partial charge in [0.25, 0.3) is 0 Å². The van der Waals surface area contributed by atoms with Crippen molar-refractivity contribution in [3.63, 3.8) is 0 Å². The number of benzene rings is 1. The standard InChI is InChI=1S/C25H37NO3/c1-25(2)19-15-22(25)21(12-8-3-4-9-13-24(28)29)23(16-19)26-17-20(27)14-18-10-6-5-7-11-18/h3,5-8,10-11,19-23,26-27H,4,9,12-17H2,1-2H3,(H,28,29)/t19?,20?,21-,22?,23-/m0/s1. The molecule has 29 heavy (non-hydrogen) atoms. The topological polar surface area (TPSA) is 69.6 Å². The summed E-state index contributed by atoms with van der Waals surface area (Å²) >= 11 is 0. The fraction of sp³-hybridized carbons (Fsp3) is 0.640. The predicted octanol–water partition coefficient (Wildman–Crippen LogP) is 4.43. The van der Waals surface area contributed by atoms with Crippen LogP contribution in [0.5, 0.6) is 0 Å². The number of carbonyl (C=O) groups is 1. The number of aliphatic carboxylic acids is 1. The molecule has 4 nitrogen and oxygen atoms in total. The van der Waals surface area contributed by atoms with Gasteiger partial charge in [0, 0.05) is 19.0 Å². The zero-order valence-corrected chi connectivity index (χ0v) is 17.9. The van der Waals surface area contributed by atoms with Crippen molar-refractivity contribution >= 4 is 5.97 Å². The van der Waals surface area contributed by atoms with Crippen LogP contribution in [-0.4, -0.2) is 34.9 Å². The Kier molecular flexibility index (Phi) is 7.53. The van der Waals surface area contributed by atoms with Gasteiger partial charge in [-0.2, -0.15) is 0 Å². The van der Waals surface area contributed by atoms with E-state index in [0.717, 1.165) is 24.7 Å². The first-order chi connectivity index (χ1) is 13.9. The Balaban J connectivity index is 1.50. The first-order valence-electron chi connectivity index (χ1n) is 11.2. The average molecular weight is 400 g/mol. The Morgan fingerprint density at radius 3 is 2.69 bits per heavy atom. The molecular formula is C25H37NO3. The normalized spacial score (nSPS) is 28.8. The summed E-state index contributed by atoms with van der Waals surface area (Å²) in [5.74, 6) is 1.39. The number of rotatable bonds is 11. The van der Waals surface area contributed by atoms with Gasteiger partial charge < -0.3 is 15.5 Å². The summed E-state index contributed by atoms with van der Waals surface area (Å²) < 4.78 is 0. The number of carboxylic acids is 1. The van der Waals surface area contributed by atoms with Gasteiger partial charge in [0.15, 0.2) is 0 Å². The molecule has 3 aliphatic rings. The third-order valence-corrected chi connectivity index (χ3v) is 7.38. The number of carboxylic acid groups (broad SMARTS) is 1. The molecule has 0 aliphatic heterocycles. The molecule has 0 saturated heterocycles. The molecule has 160 valence electrons. The number of hydrogen-bond donors (Lipinski definition) is 3. The van der Waals surface area contributed by atoms with Crippen molar-refractivity contribution in [3.05, 3.63) is 48.0 Å². The van der Waals surface area contributed by atoms with Gasteiger partial charge in [-0.25, -0.2) is 0 Å². The quantitative estimate of drug-likeness (QED) is 0.380. The molecule has 1 aromatic rings. The highest BCUT2D eigenvalue weighted by Crippen LogP contribution is 2.62. The van der Waals surface area contributed by atoms with Crippen molar-refractivity contribution in [3.8, 4) is 0 Å². The zero-order chi connectivity index (χ0) is 20.9. The van der Waals surface area contributed by atoms with Crippen LogP contribution in [0.2, 0.25) is 0 Å². The van der Waals surface area contributed by atoms with Gasteiger partial charge in [0.05, 0.1) is 6.10 Å². The number of allylic oxidation sites excluding steroid dienone is 2. The Morgan fingerprint density at radius 2 is 2.00 bits per heavy atom. The number of fused-ring (bicyclic) bond motifs is 2. The predicted molar refractivity (Wildman–Crippen MR) is 117 cm³/mol. The van der Waals surface area contributed by atoms with Gasteiger partial charge in [0.1, 0.15) is 0 Å². The summed E-state index contributed by atoms with van der Waals surface area (Å²) in [5, 5.41) is 22.9. The molecule has 0 radical (unpaired) electrons. The number of aliphatic hydroxyl groups is 1. The summed E-state index contributed by atoms with van der Waals surface area (Å²) in [4.78, 5) is 10.6. The van der Waals surface area contributed by atoms with E-state index in [1.807, 2.05) is 18.2 Å². The first-order valence-corrected chi connectivity index (χ1v) is 11.2. The van der Waals surface area contributed by atoms with Gasteiger partial charge >= 0.3 is 5.97 Å². The highest BCUT2D eigenvalue weighted by atomic mass is 16.4. The molecular weight excluding hydrogens is 362 g/mol. The summed E-state index contributed by atoms with van der Waals surface area (Å²) in [5.41, 5.74) is 1.60. The van der Waals surface area contributed by atoms with Crippen LogP contribution in [0, 0.1) is 23.2 Å². The lowest BCUT2D eigenvalue weighted by atomic mass is 9.44. The minimum Gasteiger partial charge on any atom is -0.481 e. The van der Waals surface area contributed by atoms with Crippen molar-refractivity contribution in [2.24, 2.45) is 23.2 Å². The molecule has 0 aromatic heterocycles. The maximum absolute atomic E-state index is 10.6. The number of hydrogen-bond acceptors (Lipinski definition) is 3. The summed E-state index contributed by atoms with van der Waals surface area (Å²) in [6.45, 7) is 5.46. The van der Waals surface area contributed by atoms with Gasteiger partial charge in [-0.05, 0) is 67.3 Å². The van der Waals surface area contributed by atoms with Crippen molar-refractivity contribution in [2.75, 3.05) is 6.54 Å². The Bertz CT molecular complexity index is 685. The molecule has 2 bridgehead atoms. The molecule has 4 rings (SSSR count). The van der Waals surface area contributed by atoms with Crippen LogP contribution in [0.4, 0.5) is 0 Å². The van der Waals surface area contributed by atoms with E-state index in [2.05, 4.69) is 43.4 Å². The van der Waals surface area contributed by atoms with Crippen LogP contribution < -0.4 is 5.32 Å². The lowest BCUT2D eigenvalue weighted by Crippen LogP contribution is -2.61. The van der Waals surface area contributed by atoms with Crippen LogP contribution in [0.1, 0.15) is 57.9 Å². The van der Waals surface area contributed by atoms with E-state index in [9.17, 15) is 9.90 Å². The smallest absolute Gasteiger partial charge is 0.303 e. The summed E-state index contributed by atoms with van der Waals surface area (Å²) in [6, 6.07) is 10.6. The van der Waals surface area contributed by atoms with Gasteiger partial charge in [-0.1, -0.05) is 56.3 Å². The van der Waals surface area contributed by atoms with E-state index >= 15 is 0 Å². The fourth-order valence-electron chi connectivity index (χ4n) is 5.50. The van der Waals surface area contributed by atoms with Gasteiger partial charge in [0.2, 0.25) is 0 Å². The molecule has 0 spiro atoms. The second-order valence-electron chi connectivity index (χ2n) is 9.61. The van der Waals surface area contributed by atoms with E-state index in [4.69, 9.17) is 5.11 Å². The van der Waals surface area contributed by atoms with Crippen molar-refractivity contribution < 1.29 is 15.0 Å². The van der Waals surface area contributed by atoms with Crippen molar-refractivity contribution in [1.82, 2.24) is 5.32 Å². The average Bonchev–Trinajstić information content (AvgIpc) is 2.69. The summed E-state index contributed by atoms with van der Waals surface area (Å²) in [7, 11) is 0. The van der Waals surface area contributed by atoms with E-state index < -0.39 is 5.97 Å². The lowest BCUT2D eigenvalue weighted by Gasteiger charge is -2.63. The van der Waals surface area contributed by atoms with E-state index in [1.54, 1.807) is 0 Å². The molecule has 5 atom stereocenters. The van der Waals surface area contributed by atoms with Crippen LogP contribution >= 0.6 is 0 Å². The molecule has 0 heterocycles. The molecule has 1 aromatic carbocycles. The third-order valence-electron chi connectivity index (χ3n) is 7.38. The monoisotopic (exact) mass is 399 g/mol. The number of unbranched alkanes of at least 4 members (excludes halogenated alkanes) is 1. The van der Waals surface area contributed by atoms with Crippen LogP contribution in [0.25, 0.3) is 0 Å². The van der Waals surface area contributed by atoms with Crippen LogP contribution in [-0.2, 0) is 11.2 Å². The largest absolute Gasteiger partial charge is 0.481 e. The highest BCUT2D eigenvalue weighted by Gasteiger charge is 2.56. The third kappa shape index (κ3) is 5.70. The van der Waals surface area contributed by atoms with E-state index in [-0.39, 0.29) is 12.5 Å². The number of nitrogens with one attached hydrogen (secondary N) is 1. The lowest BCUT2D eigenvalue weighted by molar-refractivity contribution is -0.137. The summed E-state index contributed by atoms with van der Waals surface area (Å²) in [6.07, 6.45) is 10.1. The minimum absolute atomic E-state index is 0.245. The van der Waals surface area contributed by atoms with Crippen molar-refractivity contribution in [1.29, 1.82) is 0 Å². The first kappa shape index (κ1) is 22.0. The maximum Gasteiger partial charge on any atom is 0.303 e. The molecule has 0 amide bonds. The Hall–Kier alpha value is -1.65. The SMILES string of the molecule is CC1(C)C2CC1[C@H](CC=CCCCC(=O)O)[C@@H](NCC(O)Cc1ccccc1)C2. The second kappa shape index (κ2) is 9.90. The van der Waals surface area contributed by atoms with E-state index in [1.165, 1.54) is 18.4 Å². The maximum atomic E-state index is 10.6. The fourth-order valence-corrected chi connectivity index (χ4v) is 5.50. The minimum atomic E-state index is -0.716. The van der Waals surface area contributed by atoms with Crippen LogP contribution in [0.15, 0.2) is 42.5 Å². The molecule has 3 N–H and O–H groups in total. The molecule has 3 fully saturated rings. The van der Waals surface area contributed by atoms with E-state index in [0.29, 0.717) is 36.8 Å². The second-order valence-corrected chi connectivity index (χ2v) is 9.61. The Labute approximate surface area is 175 Å². The molecule has 3 unspecified atom stereocenters. The number of aliphatic hydroxyl groups excluding tert-OH is 1. The Morgan fingerprint density at radius 1 is 1.24 bits per heavy atom.